The minimum absolute atomic E-state index is 0.140. The summed E-state index contributed by atoms with van der Waals surface area (Å²) >= 11 is 0. The van der Waals surface area contributed by atoms with Crippen LogP contribution in [0, 0.1) is 0 Å². The Morgan fingerprint density at radius 3 is 2.45 bits per heavy atom. The van der Waals surface area contributed by atoms with Gasteiger partial charge in [-0.15, -0.1) is 0 Å². The van der Waals surface area contributed by atoms with Crippen LogP contribution in [0.15, 0.2) is 42.5 Å². The second-order valence-corrected chi connectivity index (χ2v) is 6.20. The molecule has 1 atom stereocenters. The molecule has 1 N–H and O–H groups in total. The number of carbonyl (C=O) groups excluding carboxylic acids is 2. The summed E-state index contributed by atoms with van der Waals surface area (Å²) in [4.78, 5) is 23.5. The van der Waals surface area contributed by atoms with Crippen molar-refractivity contribution in [3.05, 3.63) is 48.0 Å². The van der Waals surface area contributed by atoms with Gasteiger partial charge in [-0.25, -0.2) is 4.79 Å². The first-order chi connectivity index (χ1) is 10.3. The molecule has 1 rings (SSSR count). The number of ether oxygens (including phenoxy) is 1. The van der Waals surface area contributed by atoms with Crippen molar-refractivity contribution in [2.45, 2.75) is 52.2 Å². The van der Waals surface area contributed by atoms with E-state index in [2.05, 4.69) is 17.4 Å². The normalized spacial score (nSPS) is 12.9. The Morgan fingerprint density at radius 1 is 1.23 bits per heavy atom. The van der Waals surface area contributed by atoms with Crippen molar-refractivity contribution < 1.29 is 14.3 Å². The van der Waals surface area contributed by atoms with Gasteiger partial charge in [0, 0.05) is 0 Å². The number of carbonyl (C=O) groups is 2. The van der Waals surface area contributed by atoms with Crippen molar-refractivity contribution in [1.29, 1.82) is 0 Å². The third kappa shape index (κ3) is 7.62. The Bertz CT molecular complexity index is 515. The number of amides is 1. The van der Waals surface area contributed by atoms with E-state index in [1.165, 1.54) is 11.6 Å². The summed E-state index contributed by atoms with van der Waals surface area (Å²) in [7, 11) is 0. The van der Waals surface area contributed by atoms with Crippen molar-refractivity contribution in [2.24, 2.45) is 0 Å². The molecule has 0 saturated heterocycles. The van der Waals surface area contributed by atoms with Crippen LogP contribution in [0.2, 0.25) is 0 Å². The molecule has 22 heavy (non-hydrogen) atoms. The monoisotopic (exact) mass is 303 g/mol. The van der Waals surface area contributed by atoms with Crippen LogP contribution in [0.25, 0.3) is 0 Å². The summed E-state index contributed by atoms with van der Waals surface area (Å²) in [5.74, 6) is -0.140. The van der Waals surface area contributed by atoms with Gasteiger partial charge in [0.25, 0.3) is 0 Å². The molecular weight excluding hydrogens is 278 g/mol. The molecule has 0 unspecified atom stereocenters. The number of aryl methyl sites for hydroxylation is 1. The number of rotatable bonds is 6. The zero-order valence-corrected chi connectivity index (χ0v) is 13.8. The predicted octanol–water partition coefficient (Wildman–Crippen LogP) is 3.66. The van der Waals surface area contributed by atoms with E-state index in [1.54, 1.807) is 27.7 Å². The average molecular weight is 303 g/mol. The maximum Gasteiger partial charge on any atom is 0.408 e. The van der Waals surface area contributed by atoms with Gasteiger partial charge in [-0.3, -0.25) is 4.79 Å². The lowest BCUT2D eigenvalue weighted by molar-refractivity contribution is -0.116. The molecule has 0 aliphatic carbocycles. The highest BCUT2D eigenvalue weighted by atomic mass is 16.6. The fraction of sp³-hybridized carbons (Fsp3) is 0.444. The lowest BCUT2D eigenvalue weighted by Gasteiger charge is -2.21. The number of hydrogen-bond acceptors (Lipinski definition) is 3. The van der Waals surface area contributed by atoms with E-state index in [1.807, 2.05) is 24.3 Å². The third-order valence-electron chi connectivity index (χ3n) is 2.88. The predicted molar refractivity (Wildman–Crippen MR) is 87.7 cm³/mol. The molecule has 1 aromatic carbocycles. The quantitative estimate of drug-likeness (QED) is 0.816. The van der Waals surface area contributed by atoms with Crippen LogP contribution in [-0.4, -0.2) is 23.5 Å². The molecule has 4 heteroatoms. The van der Waals surface area contributed by atoms with Gasteiger partial charge in [-0.1, -0.05) is 36.4 Å². The Morgan fingerprint density at radius 2 is 1.86 bits per heavy atom. The fourth-order valence-corrected chi connectivity index (χ4v) is 1.79. The van der Waals surface area contributed by atoms with E-state index < -0.39 is 17.7 Å². The number of hydrogen-bond donors (Lipinski definition) is 1. The third-order valence-corrected chi connectivity index (χ3v) is 2.88. The van der Waals surface area contributed by atoms with E-state index in [0.717, 1.165) is 12.8 Å². The molecule has 4 nitrogen and oxygen atoms in total. The van der Waals surface area contributed by atoms with Crippen LogP contribution >= 0.6 is 0 Å². The summed E-state index contributed by atoms with van der Waals surface area (Å²) in [6.07, 6.45) is 4.45. The summed E-state index contributed by atoms with van der Waals surface area (Å²) in [5, 5.41) is 2.53. The van der Waals surface area contributed by atoms with Gasteiger partial charge in [0.1, 0.15) is 5.60 Å². The maximum absolute atomic E-state index is 11.9. The number of nitrogens with one attached hydrogen (secondary N) is 1. The highest BCUT2D eigenvalue weighted by molar-refractivity contribution is 5.95. The van der Waals surface area contributed by atoms with Gasteiger partial charge in [0.2, 0.25) is 0 Å². The smallest absolute Gasteiger partial charge is 0.408 e. The van der Waals surface area contributed by atoms with E-state index in [-0.39, 0.29) is 5.78 Å². The standard InChI is InChI=1S/C18H25NO3/c1-14(19-17(21)22-18(2,3)4)16(20)13-9-8-12-15-10-6-5-7-11-15/h5-7,9-11,13-14H,8,12H2,1-4H3,(H,19,21)/b13-9+/t14-/m0/s1. The highest BCUT2D eigenvalue weighted by Gasteiger charge is 2.19. The second kappa shape index (κ2) is 8.37. The number of alkyl carbamates (subject to hydrolysis) is 1. The molecule has 0 aliphatic rings. The summed E-state index contributed by atoms with van der Waals surface area (Å²) in [6.45, 7) is 6.99. The second-order valence-electron chi connectivity index (χ2n) is 6.20. The minimum atomic E-state index is -0.595. The average Bonchev–Trinajstić information content (AvgIpc) is 2.42. The van der Waals surface area contributed by atoms with Crippen molar-refractivity contribution in [2.75, 3.05) is 0 Å². The first-order valence-corrected chi connectivity index (χ1v) is 7.52. The van der Waals surface area contributed by atoms with E-state index in [9.17, 15) is 9.59 Å². The summed E-state index contributed by atoms with van der Waals surface area (Å²) < 4.78 is 5.12. The summed E-state index contributed by atoms with van der Waals surface area (Å²) in [5.41, 5.74) is 0.665. The molecule has 0 fully saturated rings. The Kier molecular flexibility index (Phi) is 6.83. The Labute approximate surface area is 132 Å². The first kappa shape index (κ1) is 18.0. The lowest BCUT2D eigenvalue weighted by atomic mass is 10.1. The molecule has 0 aliphatic heterocycles. The van der Waals surface area contributed by atoms with Gasteiger partial charge in [-0.2, -0.15) is 0 Å². The fourth-order valence-electron chi connectivity index (χ4n) is 1.79. The van der Waals surface area contributed by atoms with Crippen LogP contribution in [0.1, 0.15) is 39.7 Å². The Hall–Kier alpha value is -2.10. The van der Waals surface area contributed by atoms with Crippen molar-refractivity contribution in [3.8, 4) is 0 Å². The van der Waals surface area contributed by atoms with Crippen LogP contribution in [-0.2, 0) is 16.0 Å². The highest BCUT2D eigenvalue weighted by Crippen LogP contribution is 2.07. The Balaban J connectivity index is 2.34. The van der Waals surface area contributed by atoms with Crippen molar-refractivity contribution in [3.63, 3.8) is 0 Å². The zero-order chi connectivity index (χ0) is 16.6. The van der Waals surface area contributed by atoms with E-state index >= 15 is 0 Å². The molecule has 1 aromatic rings. The van der Waals surface area contributed by atoms with Crippen LogP contribution in [0.3, 0.4) is 0 Å². The molecular formula is C18H25NO3. The topological polar surface area (TPSA) is 55.4 Å². The van der Waals surface area contributed by atoms with Crippen LogP contribution in [0.5, 0.6) is 0 Å². The molecule has 0 radical (unpaired) electrons. The van der Waals surface area contributed by atoms with Gasteiger partial charge in [-0.05, 0) is 52.2 Å². The number of ketones is 1. The van der Waals surface area contributed by atoms with Crippen LogP contribution < -0.4 is 5.32 Å². The van der Waals surface area contributed by atoms with Crippen molar-refractivity contribution in [1.82, 2.24) is 5.32 Å². The minimum Gasteiger partial charge on any atom is -0.444 e. The maximum atomic E-state index is 11.9. The molecule has 0 spiro atoms. The number of benzene rings is 1. The largest absolute Gasteiger partial charge is 0.444 e. The van der Waals surface area contributed by atoms with Gasteiger partial charge >= 0.3 is 6.09 Å². The van der Waals surface area contributed by atoms with E-state index in [4.69, 9.17) is 4.74 Å². The molecule has 0 aromatic heterocycles. The molecule has 120 valence electrons. The van der Waals surface area contributed by atoms with Gasteiger partial charge in [0.15, 0.2) is 5.78 Å². The SMILES string of the molecule is C[C@H](NC(=O)OC(C)(C)C)C(=O)/C=C/CCc1ccccc1. The molecule has 0 saturated carbocycles. The van der Waals surface area contributed by atoms with E-state index in [0.29, 0.717) is 0 Å². The first-order valence-electron chi connectivity index (χ1n) is 7.52. The number of allylic oxidation sites excluding steroid dienone is 1. The zero-order valence-electron chi connectivity index (χ0n) is 13.8. The molecule has 1 amide bonds. The molecule has 0 bridgehead atoms. The van der Waals surface area contributed by atoms with Gasteiger partial charge < -0.3 is 10.1 Å². The lowest BCUT2D eigenvalue weighted by Crippen LogP contribution is -2.41. The van der Waals surface area contributed by atoms with Crippen molar-refractivity contribution >= 4 is 11.9 Å². The van der Waals surface area contributed by atoms with Gasteiger partial charge in [0.05, 0.1) is 6.04 Å². The molecule has 0 heterocycles. The van der Waals surface area contributed by atoms with Crippen LogP contribution in [0.4, 0.5) is 4.79 Å². The summed E-state index contributed by atoms with van der Waals surface area (Å²) in [6, 6.07) is 9.49.